The molecule has 0 fully saturated rings. The summed E-state index contributed by atoms with van der Waals surface area (Å²) in [4.78, 5) is 0. The summed E-state index contributed by atoms with van der Waals surface area (Å²) < 4.78 is 40.3. The Morgan fingerprint density at radius 3 is 2.07 bits per heavy atom. The number of ether oxygens (including phenoxy) is 1. The molecule has 1 N–H and O–H groups in total. The fourth-order valence-electron chi connectivity index (χ4n) is 1.39. The maximum absolute atomic E-state index is 11.8. The number of hydrogen-bond donors (Lipinski definition) is 1. The second kappa shape index (κ2) is 6.33. The van der Waals surface area contributed by atoms with Gasteiger partial charge in [-0.25, -0.2) is 0 Å². The van der Waals surface area contributed by atoms with Crippen LogP contribution in [0.1, 0.15) is 39.0 Å². The predicted molar refractivity (Wildman–Crippen MR) is 51.6 cm³/mol. The van der Waals surface area contributed by atoms with Crippen molar-refractivity contribution in [2.75, 3.05) is 13.7 Å². The lowest BCUT2D eigenvalue weighted by Crippen LogP contribution is -2.25. The van der Waals surface area contributed by atoms with Crippen LogP contribution in [0.15, 0.2) is 0 Å². The van der Waals surface area contributed by atoms with Gasteiger partial charge >= 0.3 is 6.18 Å². The van der Waals surface area contributed by atoms with E-state index in [1.165, 1.54) is 0 Å². The summed E-state index contributed by atoms with van der Waals surface area (Å²) in [6, 6.07) is 0. The largest absolute Gasteiger partial charge is 0.390 e. The van der Waals surface area contributed by atoms with Crippen molar-refractivity contribution in [1.29, 1.82) is 0 Å². The second-order valence-corrected chi connectivity index (χ2v) is 4.06. The Labute approximate surface area is 88.4 Å². The van der Waals surface area contributed by atoms with Gasteiger partial charge in [0.1, 0.15) is 0 Å². The van der Waals surface area contributed by atoms with Crippen molar-refractivity contribution in [3.63, 3.8) is 0 Å². The van der Waals surface area contributed by atoms with E-state index in [2.05, 4.69) is 0 Å². The average Bonchev–Trinajstić information content (AvgIpc) is 2.01. The lowest BCUT2D eigenvalue weighted by molar-refractivity contribution is -0.137. The van der Waals surface area contributed by atoms with E-state index in [1.807, 2.05) is 0 Å². The van der Waals surface area contributed by atoms with Gasteiger partial charge < -0.3 is 9.84 Å². The third-order valence-corrected chi connectivity index (χ3v) is 2.24. The molecule has 0 aromatic carbocycles. The van der Waals surface area contributed by atoms with Gasteiger partial charge in [-0.15, -0.1) is 0 Å². The third-order valence-electron chi connectivity index (χ3n) is 2.24. The lowest BCUT2D eigenvalue weighted by Gasteiger charge is -2.23. The van der Waals surface area contributed by atoms with Crippen molar-refractivity contribution in [2.45, 2.75) is 50.8 Å². The summed E-state index contributed by atoms with van der Waals surface area (Å²) >= 11 is 0. The first-order valence-corrected chi connectivity index (χ1v) is 5.05. The summed E-state index contributed by atoms with van der Waals surface area (Å²) in [5, 5.41) is 9.72. The zero-order chi connectivity index (χ0) is 11.9. The van der Waals surface area contributed by atoms with Gasteiger partial charge in [0.2, 0.25) is 0 Å². The normalized spacial score (nSPS) is 16.4. The Morgan fingerprint density at radius 1 is 1.07 bits per heavy atom. The SMILES string of the molecule is COCCCC(C)(O)CCCC(F)(F)F. The fourth-order valence-corrected chi connectivity index (χ4v) is 1.39. The molecule has 0 rings (SSSR count). The minimum absolute atomic E-state index is 0.0243. The van der Waals surface area contributed by atoms with Gasteiger partial charge in [0.15, 0.2) is 0 Å². The summed E-state index contributed by atoms with van der Waals surface area (Å²) in [6.45, 7) is 2.09. The molecular weight excluding hydrogens is 209 g/mol. The van der Waals surface area contributed by atoms with E-state index < -0.39 is 18.2 Å². The average molecular weight is 228 g/mol. The van der Waals surface area contributed by atoms with E-state index in [1.54, 1.807) is 14.0 Å². The van der Waals surface area contributed by atoms with Crippen LogP contribution in [-0.4, -0.2) is 30.6 Å². The molecule has 0 amide bonds. The van der Waals surface area contributed by atoms with Crippen LogP contribution in [0.4, 0.5) is 13.2 Å². The first kappa shape index (κ1) is 14.7. The Morgan fingerprint density at radius 2 is 1.60 bits per heavy atom. The number of alkyl halides is 3. The second-order valence-electron chi connectivity index (χ2n) is 4.06. The molecule has 0 aliphatic rings. The van der Waals surface area contributed by atoms with Gasteiger partial charge in [-0.3, -0.25) is 0 Å². The highest BCUT2D eigenvalue weighted by Gasteiger charge is 2.28. The Hall–Kier alpha value is -0.290. The molecule has 0 saturated heterocycles. The summed E-state index contributed by atoms with van der Waals surface area (Å²) in [5.41, 5.74) is -1.01. The van der Waals surface area contributed by atoms with Gasteiger partial charge in [-0.2, -0.15) is 13.2 Å². The van der Waals surface area contributed by atoms with Crippen molar-refractivity contribution in [3.8, 4) is 0 Å². The molecular formula is C10H19F3O2. The minimum Gasteiger partial charge on any atom is -0.390 e. The quantitative estimate of drug-likeness (QED) is 0.679. The molecule has 15 heavy (non-hydrogen) atoms. The number of rotatable bonds is 7. The van der Waals surface area contributed by atoms with Gasteiger partial charge in [-0.05, 0) is 32.6 Å². The predicted octanol–water partition coefficient (Wildman–Crippen LogP) is 2.90. The summed E-state index contributed by atoms with van der Waals surface area (Å²) in [7, 11) is 1.55. The van der Waals surface area contributed by atoms with E-state index in [-0.39, 0.29) is 12.8 Å². The molecule has 0 aliphatic carbocycles. The first-order valence-electron chi connectivity index (χ1n) is 5.05. The van der Waals surface area contributed by atoms with E-state index in [0.717, 1.165) is 0 Å². The van der Waals surface area contributed by atoms with Crippen LogP contribution >= 0.6 is 0 Å². The van der Waals surface area contributed by atoms with E-state index in [9.17, 15) is 18.3 Å². The Balaban J connectivity index is 3.64. The highest BCUT2D eigenvalue weighted by atomic mass is 19.4. The molecule has 0 radical (unpaired) electrons. The minimum atomic E-state index is -4.12. The van der Waals surface area contributed by atoms with Crippen molar-refractivity contribution < 1.29 is 23.0 Å². The highest BCUT2D eigenvalue weighted by Crippen LogP contribution is 2.26. The zero-order valence-corrected chi connectivity index (χ0v) is 9.23. The molecule has 0 aromatic heterocycles. The Bertz CT molecular complexity index is 167. The van der Waals surface area contributed by atoms with Crippen molar-refractivity contribution >= 4 is 0 Å². The Kier molecular flexibility index (Phi) is 6.20. The topological polar surface area (TPSA) is 29.5 Å². The molecule has 1 atom stereocenters. The van der Waals surface area contributed by atoms with E-state index >= 15 is 0 Å². The molecule has 2 nitrogen and oxygen atoms in total. The third kappa shape index (κ3) is 10.0. The van der Waals surface area contributed by atoms with Crippen LogP contribution < -0.4 is 0 Å². The zero-order valence-electron chi connectivity index (χ0n) is 9.23. The van der Waals surface area contributed by atoms with Crippen molar-refractivity contribution in [2.24, 2.45) is 0 Å². The monoisotopic (exact) mass is 228 g/mol. The van der Waals surface area contributed by atoms with Crippen LogP contribution in [0.2, 0.25) is 0 Å². The number of halogens is 3. The van der Waals surface area contributed by atoms with Crippen LogP contribution in [0, 0.1) is 0 Å². The highest BCUT2D eigenvalue weighted by molar-refractivity contribution is 4.72. The van der Waals surface area contributed by atoms with Crippen LogP contribution in [-0.2, 0) is 4.74 Å². The number of hydrogen-bond acceptors (Lipinski definition) is 2. The molecule has 0 aromatic rings. The molecule has 1 unspecified atom stereocenters. The lowest BCUT2D eigenvalue weighted by atomic mass is 9.94. The van der Waals surface area contributed by atoms with E-state index in [0.29, 0.717) is 19.4 Å². The van der Waals surface area contributed by atoms with Crippen LogP contribution in [0.5, 0.6) is 0 Å². The standard InChI is InChI=1S/C10H19F3O2/c1-9(14,6-4-8-15-2)5-3-7-10(11,12)13/h14H,3-8H2,1-2H3. The summed E-state index contributed by atoms with van der Waals surface area (Å²) in [6.07, 6.45) is -3.66. The first-order chi connectivity index (χ1) is 6.77. The molecule has 0 spiro atoms. The summed E-state index contributed by atoms with van der Waals surface area (Å²) in [5.74, 6) is 0. The molecule has 0 bridgehead atoms. The molecule has 92 valence electrons. The fraction of sp³-hybridized carbons (Fsp3) is 1.00. The maximum atomic E-state index is 11.8. The number of methoxy groups -OCH3 is 1. The smallest absolute Gasteiger partial charge is 0.389 e. The van der Waals surface area contributed by atoms with Crippen molar-refractivity contribution in [3.05, 3.63) is 0 Å². The van der Waals surface area contributed by atoms with E-state index in [4.69, 9.17) is 4.74 Å². The maximum Gasteiger partial charge on any atom is 0.389 e. The number of aliphatic hydroxyl groups is 1. The van der Waals surface area contributed by atoms with Crippen LogP contribution in [0.25, 0.3) is 0 Å². The van der Waals surface area contributed by atoms with Gasteiger partial charge in [0.25, 0.3) is 0 Å². The van der Waals surface area contributed by atoms with Gasteiger partial charge in [0, 0.05) is 20.1 Å². The molecule has 5 heteroatoms. The van der Waals surface area contributed by atoms with Crippen LogP contribution in [0.3, 0.4) is 0 Å². The molecule has 0 aliphatic heterocycles. The van der Waals surface area contributed by atoms with Gasteiger partial charge in [-0.1, -0.05) is 0 Å². The van der Waals surface area contributed by atoms with Gasteiger partial charge in [0.05, 0.1) is 5.60 Å². The van der Waals surface area contributed by atoms with Crippen molar-refractivity contribution in [1.82, 2.24) is 0 Å². The molecule has 0 heterocycles. The molecule has 0 saturated carbocycles.